The fourth-order valence-electron chi connectivity index (χ4n) is 3.00. The maximum atomic E-state index is 12.6. The third-order valence-corrected chi connectivity index (χ3v) is 4.52. The highest BCUT2D eigenvalue weighted by atomic mass is 35.5. The van der Waals surface area contributed by atoms with E-state index in [2.05, 4.69) is 10.3 Å². The molecular weight excluding hydrogens is 378 g/mol. The lowest BCUT2D eigenvalue weighted by Crippen LogP contribution is -2.30. The Balaban J connectivity index is 1.90. The number of esters is 1. The highest BCUT2D eigenvalue weighted by Crippen LogP contribution is 2.22. The molecule has 2 aromatic carbocycles. The van der Waals surface area contributed by atoms with Crippen molar-refractivity contribution in [1.29, 1.82) is 0 Å². The van der Waals surface area contributed by atoms with Crippen LogP contribution in [-0.2, 0) is 16.1 Å². The van der Waals surface area contributed by atoms with E-state index in [1.807, 2.05) is 31.2 Å². The summed E-state index contributed by atoms with van der Waals surface area (Å²) in [6, 6.07) is 13.9. The van der Waals surface area contributed by atoms with Crippen LogP contribution in [0.25, 0.3) is 11.0 Å². The topological polar surface area (TPSA) is 73.2 Å². The Labute approximate surface area is 168 Å². The molecule has 7 heteroatoms. The molecule has 6 nitrogen and oxygen atoms in total. The van der Waals surface area contributed by atoms with Gasteiger partial charge < -0.3 is 14.6 Å². The standard InChI is InChI=1S/C21H22ClN3O3/c1-13(2)28-19(26)12-25-18-11-7-6-10-17(18)24-20(25)14(3)23-21(27)15-8-4-5-9-16(15)22/h4-11,13-14H,12H2,1-3H3,(H,23,27). The van der Waals surface area contributed by atoms with Crippen molar-refractivity contribution < 1.29 is 14.3 Å². The Kier molecular flexibility index (Phi) is 5.99. The summed E-state index contributed by atoms with van der Waals surface area (Å²) >= 11 is 6.12. The number of carbonyl (C=O) groups is 2. The van der Waals surface area contributed by atoms with Crippen LogP contribution in [0.2, 0.25) is 5.02 Å². The largest absolute Gasteiger partial charge is 0.462 e. The number of aromatic nitrogens is 2. The van der Waals surface area contributed by atoms with Crippen molar-refractivity contribution in [2.45, 2.75) is 39.5 Å². The van der Waals surface area contributed by atoms with E-state index in [0.717, 1.165) is 11.0 Å². The molecule has 28 heavy (non-hydrogen) atoms. The van der Waals surface area contributed by atoms with Crippen molar-refractivity contribution in [1.82, 2.24) is 14.9 Å². The summed E-state index contributed by atoms with van der Waals surface area (Å²) in [7, 11) is 0. The quantitative estimate of drug-likeness (QED) is 0.632. The number of hydrogen-bond acceptors (Lipinski definition) is 4. The van der Waals surface area contributed by atoms with Gasteiger partial charge in [-0.3, -0.25) is 9.59 Å². The van der Waals surface area contributed by atoms with Gasteiger partial charge in [0.1, 0.15) is 12.4 Å². The van der Waals surface area contributed by atoms with Crippen LogP contribution < -0.4 is 5.32 Å². The molecule has 146 valence electrons. The Morgan fingerprint density at radius 3 is 2.50 bits per heavy atom. The second-order valence-electron chi connectivity index (χ2n) is 6.76. The van der Waals surface area contributed by atoms with Crippen molar-refractivity contribution in [3.05, 3.63) is 64.9 Å². The maximum Gasteiger partial charge on any atom is 0.326 e. The fraction of sp³-hybridized carbons (Fsp3) is 0.286. The van der Waals surface area contributed by atoms with Crippen molar-refractivity contribution in [3.63, 3.8) is 0 Å². The number of halogens is 1. The maximum absolute atomic E-state index is 12.6. The summed E-state index contributed by atoms with van der Waals surface area (Å²) in [6.45, 7) is 5.44. The number of benzene rings is 2. The molecule has 0 aliphatic carbocycles. The van der Waals surface area contributed by atoms with Gasteiger partial charge in [-0.25, -0.2) is 4.98 Å². The first kappa shape index (κ1) is 19.9. The third-order valence-electron chi connectivity index (χ3n) is 4.19. The molecule has 0 radical (unpaired) electrons. The molecule has 1 atom stereocenters. The second kappa shape index (κ2) is 8.44. The summed E-state index contributed by atoms with van der Waals surface area (Å²) in [4.78, 5) is 29.5. The summed E-state index contributed by atoms with van der Waals surface area (Å²) in [5, 5.41) is 3.29. The molecule has 0 aliphatic heterocycles. The van der Waals surface area contributed by atoms with E-state index in [9.17, 15) is 9.59 Å². The highest BCUT2D eigenvalue weighted by molar-refractivity contribution is 6.33. The predicted octanol–water partition coefficient (Wildman–Crippen LogP) is 4.13. The van der Waals surface area contributed by atoms with Gasteiger partial charge in [0, 0.05) is 0 Å². The van der Waals surface area contributed by atoms with Crippen molar-refractivity contribution in [2.24, 2.45) is 0 Å². The molecule has 0 fully saturated rings. The lowest BCUT2D eigenvalue weighted by molar-refractivity contribution is -0.148. The normalized spacial score (nSPS) is 12.2. The van der Waals surface area contributed by atoms with Gasteiger partial charge in [0.05, 0.1) is 33.8 Å². The number of carbonyl (C=O) groups excluding carboxylic acids is 2. The molecule has 0 spiro atoms. The average molecular weight is 400 g/mol. The van der Waals surface area contributed by atoms with Crippen LogP contribution in [0, 0.1) is 0 Å². The molecule has 0 saturated carbocycles. The fourth-order valence-corrected chi connectivity index (χ4v) is 3.23. The molecule has 0 bridgehead atoms. The summed E-state index contributed by atoms with van der Waals surface area (Å²) in [5.41, 5.74) is 1.93. The predicted molar refractivity (Wildman–Crippen MR) is 108 cm³/mol. The third kappa shape index (κ3) is 4.34. The summed E-state index contributed by atoms with van der Waals surface area (Å²) in [6.07, 6.45) is -0.205. The first-order valence-corrected chi connectivity index (χ1v) is 9.44. The molecule has 1 amide bonds. The molecule has 1 unspecified atom stereocenters. The van der Waals surface area contributed by atoms with E-state index in [1.54, 1.807) is 42.7 Å². The van der Waals surface area contributed by atoms with Crippen LogP contribution in [0.3, 0.4) is 0 Å². The smallest absolute Gasteiger partial charge is 0.326 e. The highest BCUT2D eigenvalue weighted by Gasteiger charge is 2.22. The molecule has 1 heterocycles. The molecule has 1 aromatic heterocycles. The first-order valence-electron chi connectivity index (χ1n) is 9.07. The van der Waals surface area contributed by atoms with E-state index in [0.29, 0.717) is 16.4 Å². The molecule has 3 rings (SSSR count). The van der Waals surface area contributed by atoms with E-state index < -0.39 is 6.04 Å². The van der Waals surface area contributed by atoms with Crippen molar-refractivity contribution in [3.8, 4) is 0 Å². The van der Waals surface area contributed by atoms with Crippen LogP contribution >= 0.6 is 11.6 Å². The van der Waals surface area contributed by atoms with Gasteiger partial charge in [-0.05, 0) is 45.0 Å². The zero-order valence-electron chi connectivity index (χ0n) is 16.0. The van der Waals surface area contributed by atoms with Crippen LogP contribution in [0.15, 0.2) is 48.5 Å². The minimum atomic E-state index is -0.442. The van der Waals surface area contributed by atoms with Gasteiger partial charge in [-0.1, -0.05) is 35.9 Å². The van der Waals surface area contributed by atoms with Crippen LogP contribution in [0.1, 0.15) is 43.0 Å². The van der Waals surface area contributed by atoms with Crippen LogP contribution in [0.5, 0.6) is 0 Å². The van der Waals surface area contributed by atoms with E-state index >= 15 is 0 Å². The number of nitrogens with one attached hydrogen (secondary N) is 1. The molecule has 0 aliphatic rings. The van der Waals surface area contributed by atoms with Gasteiger partial charge in [-0.2, -0.15) is 0 Å². The Morgan fingerprint density at radius 2 is 1.79 bits per heavy atom. The van der Waals surface area contributed by atoms with E-state index in [4.69, 9.17) is 16.3 Å². The zero-order valence-corrected chi connectivity index (χ0v) is 16.7. The van der Waals surface area contributed by atoms with E-state index in [1.165, 1.54) is 0 Å². The molecule has 1 N–H and O–H groups in total. The number of fused-ring (bicyclic) bond motifs is 1. The van der Waals surface area contributed by atoms with Gasteiger partial charge in [-0.15, -0.1) is 0 Å². The lowest BCUT2D eigenvalue weighted by atomic mass is 10.2. The van der Waals surface area contributed by atoms with Gasteiger partial charge in [0.2, 0.25) is 0 Å². The number of rotatable bonds is 6. The van der Waals surface area contributed by atoms with Crippen LogP contribution in [-0.4, -0.2) is 27.5 Å². The second-order valence-corrected chi connectivity index (χ2v) is 7.17. The number of hydrogen-bond donors (Lipinski definition) is 1. The van der Waals surface area contributed by atoms with Crippen molar-refractivity contribution >= 4 is 34.5 Å². The number of amides is 1. The van der Waals surface area contributed by atoms with Gasteiger partial charge in [0.15, 0.2) is 0 Å². The lowest BCUT2D eigenvalue weighted by Gasteiger charge is -2.17. The number of imidazole rings is 1. The van der Waals surface area contributed by atoms with Crippen LogP contribution in [0.4, 0.5) is 0 Å². The minimum Gasteiger partial charge on any atom is -0.462 e. The minimum absolute atomic E-state index is 0.0142. The number of nitrogens with zero attached hydrogens (tertiary/aromatic N) is 2. The van der Waals surface area contributed by atoms with Gasteiger partial charge in [0.25, 0.3) is 5.91 Å². The Hall–Kier alpha value is -2.86. The van der Waals surface area contributed by atoms with Crippen molar-refractivity contribution in [2.75, 3.05) is 0 Å². The Bertz CT molecular complexity index is 1010. The Morgan fingerprint density at radius 1 is 1.11 bits per heavy atom. The molecule has 3 aromatic rings. The number of ether oxygens (including phenoxy) is 1. The summed E-state index contributed by atoms with van der Waals surface area (Å²) < 4.78 is 7.06. The van der Waals surface area contributed by atoms with Gasteiger partial charge >= 0.3 is 5.97 Å². The monoisotopic (exact) mass is 399 g/mol. The average Bonchev–Trinajstić information content (AvgIpc) is 3.00. The SMILES string of the molecule is CC(C)OC(=O)Cn1c(C(C)NC(=O)c2ccccc2Cl)nc2ccccc21. The first-order chi connectivity index (χ1) is 13.4. The zero-order chi connectivity index (χ0) is 20.3. The summed E-state index contributed by atoms with van der Waals surface area (Å²) in [5.74, 6) is -0.0900. The van der Waals surface area contributed by atoms with E-state index in [-0.39, 0.29) is 24.5 Å². The molecule has 0 saturated heterocycles. The number of para-hydroxylation sites is 2. The molecular formula is C21H22ClN3O3.